The largest absolute Gasteiger partial charge is 0.480 e. The van der Waals surface area contributed by atoms with Crippen molar-refractivity contribution in [2.24, 2.45) is 0 Å². The van der Waals surface area contributed by atoms with E-state index in [1.165, 1.54) is 6.07 Å². The van der Waals surface area contributed by atoms with Gasteiger partial charge in [0.05, 0.1) is 16.5 Å². The van der Waals surface area contributed by atoms with E-state index in [0.717, 1.165) is 19.3 Å². The molecule has 0 radical (unpaired) electrons. The molecule has 0 aromatic heterocycles. The Bertz CT molecular complexity index is 596. The third-order valence-electron chi connectivity index (χ3n) is 4.18. The number of carboxylic acids is 1. The highest BCUT2D eigenvalue weighted by Gasteiger charge is 2.27. The van der Waals surface area contributed by atoms with Crippen molar-refractivity contribution < 1.29 is 14.8 Å². The Morgan fingerprint density at radius 1 is 1.48 bits per heavy atom. The molecule has 1 aliphatic heterocycles. The number of hydrogen-bond donors (Lipinski definition) is 1. The van der Waals surface area contributed by atoms with Crippen molar-refractivity contribution >= 4 is 28.9 Å². The zero-order valence-corrected chi connectivity index (χ0v) is 13.7. The van der Waals surface area contributed by atoms with Gasteiger partial charge in [-0.1, -0.05) is 17.7 Å². The second kappa shape index (κ2) is 7.61. The van der Waals surface area contributed by atoms with E-state index in [-0.39, 0.29) is 18.3 Å². The van der Waals surface area contributed by atoms with Crippen molar-refractivity contribution in [2.45, 2.75) is 25.3 Å². The molecule has 23 heavy (non-hydrogen) atoms. The van der Waals surface area contributed by atoms with E-state index in [0.29, 0.717) is 23.8 Å². The highest BCUT2D eigenvalue weighted by Crippen LogP contribution is 2.36. The van der Waals surface area contributed by atoms with Crippen LogP contribution in [0.1, 0.15) is 19.3 Å². The highest BCUT2D eigenvalue weighted by atomic mass is 35.5. The predicted octanol–water partition coefficient (Wildman–Crippen LogP) is 2.62. The van der Waals surface area contributed by atoms with Crippen molar-refractivity contribution in [1.82, 2.24) is 4.90 Å². The van der Waals surface area contributed by atoms with Crippen LogP contribution >= 0.6 is 11.6 Å². The normalized spacial score (nSPS) is 18.7. The van der Waals surface area contributed by atoms with Gasteiger partial charge in [0.1, 0.15) is 5.69 Å². The average molecular weight is 342 g/mol. The van der Waals surface area contributed by atoms with Crippen LogP contribution in [0.15, 0.2) is 18.2 Å². The van der Waals surface area contributed by atoms with Crippen molar-refractivity contribution in [1.29, 1.82) is 0 Å². The maximum Gasteiger partial charge on any atom is 0.317 e. The van der Waals surface area contributed by atoms with Gasteiger partial charge in [-0.15, -0.1) is 0 Å². The number of carboxylic acid groups (broad SMARTS) is 1. The van der Waals surface area contributed by atoms with Crippen LogP contribution in [0.2, 0.25) is 5.02 Å². The van der Waals surface area contributed by atoms with Gasteiger partial charge < -0.3 is 10.0 Å². The monoisotopic (exact) mass is 341 g/mol. The molecule has 1 N–H and O–H groups in total. The first-order chi connectivity index (χ1) is 10.9. The minimum Gasteiger partial charge on any atom is -0.480 e. The first kappa shape index (κ1) is 17.5. The number of aliphatic carboxylic acids is 1. The molecule has 0 bridgehead atoms. The van der Waals surface area contributed by atoms with Crippen LogP contribution in [0, 0.1) is 10.1 Å². The number of anilines is 1. The first-order valence-corrected chi connectivity index (χ1v) is 7.88. The standard InChI is InChI=1S/C15H20ClN3O4/c1-17(10-14(20)21)11-4-3-8-18(9-7-11)15-12(16)5-2-6-13(15)19(22)23/h2,5-6,11H,3-4,7-10H2,1H3,(H,20,21). The number of carbonyl (C=O) groups is 1. The maximum absolute atomic E-state index is 11.2. The molecular formula is C15H20ClN3O4. The quantitative estimate of drug-likeness (QED) is 0.654. The molecule has 1 heterocycles. The lowest BCUT2D eigenvalue weighted by molar-refractivity contribution is -0.384. The molecule has 1 fully saturated rings. The Labute approximate surface area is 139 Å². The summed E-state index contributed by atoms with van der Waals surface area (Å²) >= 11 is 6.19. The smallest absolute Gasteiger partial charge is 0.317 e. The number of para-hydroxylation sites is 1. The lowest BCUT2D eigenvalue weighted by Gasteiger charge is -2.26. The summed E-state index contributed by atoms with van der Waals surface area (Å²) in [5, 5.41) is 20.5. The third kappa shape index (κ3) is 4.33. The van der Waals surface area contributed by atoms with Crippen molar-refractivity contribution in [3.8, 4) is 0 Å². The van der Waals surface area contributed by atoms with Gasteiger partial charge in [0.15, 0.2) is 0 Å². The number of nitro benzene ring substituents is 1. The minimum atomic E-state index is -0.852. The molecule has 1 saturated heterocycles. The van der Waals surface area contributed by atoms with Gasteiger partial charge in [0.25, 0.3) is 5.69 Å². The molecule has 0 spiro atoms. The molecule has 1 unspecified atom stereocenters. The second-order valence-corrected chi connectivity index (χ2v) is 6.15. The summed E-state index contributed by atoms with van der Waals surface area (Å²) in [6.45, 7) is 1.28. The topological polar surface area (TPSA) is 86.9 Å². The van der Waals surface area contributed by atoms with Crippen molar-refractivity contribution in [3.63, 3.8) is 0 Å². The Hall–Kier alpha value is -1.86. The predicted molar refractivity (Wildman–Crippen MR) is 88.2 cm³/mol. The molecule has 0 aliphatic carbocycles. The van der Waals surface area contributed by atoms with Gasteiger partial charge in [-0.2, -0.15) is 0 Å². The summed E-state index contributed by atoms with van der Waals surface area (Å²) < 4.78 is 0. The van der Waals surface area contributed by atoms with Gasteiger partial charge in [-0.05, 0) is 32.4 Å². The fraction of sp³-hybridized carbons (Fsp3) is 0.533. The van der Waals surface area contributed by atoms with E-state index in [2.05, 4.69) is 0 Å². The van der Waals surface area contributed by atoms with Crippen LogP contribution in [0.4, 0.5) is 11.4 Å². The average Bonchev–Trinajstić information content (AvgIpc) is 2.72. The number of likely N-dealkylation sites (N-methyl/N-ethyl adjacent to an activating group) is 1. The van der Waals surface area contributed by atoms with Crippen molar-refractivity contribution in [2.75, 3.05) is 31.6 Å². The zero-order valence-electron chi connectivity index (χ0n) is 12.9. The zero-order chi connectivity index (χ0) is 17.0. The summed E-state index contributed by atoms with van der Waals surface area (Å²) in [7, 11) is 1.80. The van der Waals surface area contributed by atoms with Gasteiger partial charge in [-0.25, -0.2) is 0 Å². The summed E-state index contributed by atoms with van der Waals surface area (Å²) in [6, 6.07) is 4.84. The molecular weight excluding hydrogens is 322 g/mol. The maximum atomic E-state index is 11.2. The van der Waals surface area contributed by atoms with Crippen LogP contribution in [0.3, 0.4) is 0 Å². The van der Waals surface area contributed by atoms with Gasteiger partial charge in [0, 0.05) is 25.2 Å². The molecule has 0 saturated carbocycles. The second-order valence-electron chi connectivity index (χ2n) is 5.75. The summed E-state index contributed by atoms with van der Waals surface area (Å²) in [4.78, 5) is 25.4. The van der Waals surface area contributed by atoms with E-state index in [9.17, 15) is 14.9 Å². The van der Waals surface area contributed by atoms with Crippen LogP contribution in [0.5, 0.6) is 0 Å². The molecule has 126 valence electrons. The number of nitro groups is 1. The SMILES string of the molecule is CN(CC(=O)O)C1CCCN(c2c(Cl)cccc2[N+](=O)[O-])CC1. The van der Waals surface area contributed by atoms with Gasteiger partial charge in [-0.3, -0.25) is 19.8 Å². The number of benzene rings is 1. The van der Waals surface area contributed by atoms with Crippen molar-refractivity contribution in [3.05, 3.63) is 33.3 Å². The third-order valence-corrected chi connectivity index (χ3v) is 4.49. The molecule has 7 nitrogen and oxygen atoms in total. The van der Waals surface area contributed by atoms with Crippen LogP contribution < -0.4 is 4.90 Å². The Morgan fingerprint density at radius 2 is 2.22 bits per heavy atom. The lowest BCUT2D eigenvalue weighted by atomic mass is 10.1. The Morgan fingerprint density at radius 3 is 2.87 bits per heavy atom. The number of rotatable bonds is 5. The Balaban J connectivity index is 2.15. The van der Waals surface area contributed by atoms with E-state index in [4.69, 9.17) is 16.7 Å². The van der Waals surface area contributed by atoms with E-state index < -0.39 is 10.9 Å². The van der Waals surface area contributed by atoms with Crippen LogP contribution in [-0.4, -0.2) is 53.6 Å². The fourth-order valence-electron chi connectivity index (χ4n) is 3.05. The van der Waals surface area contributed by atoms with E-state index >= 15 is 0 Å². The fourth-order valence-corrected chi connectivity index (χ4v) is 3.34. The summed E-state index contributed by atoms with van der Waals surface area (Å²) in [5.74, 6) is -0.852. The molecule has 1 aromatic carbocycles. The highest BCUT2D eigenvalue weighted by molar-refractivity contribution is 6.33. The molecule has 2 rings (SSSR count). The number of halogens is 1. The summed E-state index contributed by atoms with van der Waals surface area (Å²) in [6.07, 6.45) is 2.43. The van der Waals surface area contributed by atoms with E-state index in [1.807, 2.05) is 9.80 Å². The Kier molecular flexibility index (Phi) is 5.79. The molecule has 8 heteroatoms. The molecule has 1 aliphatic rings. The first-order valence-electron chi connectivity index (χ1n) is 7.50. The van der Waals surface area contributed by atoms with E-state index in [1.54, 1.807) is 19.2 Å². The molecule has 1 aromatic rings. The lowest BCUT2D eigenvalue weighted by Crippen LogP contribution is -2.36. The minimum absolute atomic E-state index is 0.00307. The van der Waals surface area contributed by atoms with Gasteiger partial charge in [0.2, 0.25) is 0 Å². The number of nitrogens with zero attached hydrogens (tertiary/aromatic N) is 3. The van der Waals surface area contributed by atoms with Crippen LogP contribution in [-0.2, 0) is 4.79 Å². The molecule has 1 atom stereocenters. The van der Waals surface area contributed by atoms with Gasteiger partial charge >= 0.3 is 5.97 Å². The molecule has 0 amide bonds. The van der Waals surface area contributed by atoms with Crippen LogP contribution in [0.25, 0.3) is 0 Å². The number of hydrogen-bond acceptors (Lipinski definition) is 5. The summed E-state index contributed by atoms with van der Waals surface area (Å²) in [5.41, 5.74) is 0.468.